The quantitative estimate of drug-likeness (QED) is 0.542. The van der Waals surface area contributed by atoms with Gasteiger partial charge in [0.1, 0.15) is 0 Å². The lowest BCUT2D eigenvalue weighted by Crippen LogP contribution is -2.46. The summed E-state index contributed by atoms with van der Waals surface area (Å²) in [7, 11) is 0. The molecule has 0 aliphatic carbocycles. The van der Waals surface area contributed by atoms with Crippen molar-refractivity contribution in [3.8, 4) is 0 Å². The van der Waals surface area contributed by atoms with Crippen LogP contribution in [0.4, 0.5) is 39.5 Å². The maximum atomic E-state index is 12.4. The molecule has 0 rings (SSSR count). The first-order valence-electron chi connectivity index (χ1n) is 3.56. The molecule has 17 heavy (non-hydrogen) atoms. The molecular formula is C7H3F9O. The Hall–Kier alpha value is -1.19. The first kappa shape index (κ1) is 15.8. The number of hydrogen-bond acceptors (Lipinski definition) is 1. The average Bonchev–Trinajstić information content (AvgIpc) is 2.14. The van der Waals surface area contributed by atoms with Crippen LogP contribution in [0.5, 0.6) is 0 Å². The van der Waals surface area contributed by atoms with Crippen molar-refractivity contribution in [2.75, 3.05) is 0 Å². The van der Waals surface area contributed by atoms with Gasteiger partial charge in [-0.05, 0) is 6.08 Å². The number of ether oxygens (including phenoxy) is 1. The molecule has 0 saturated heterocycles. The molecule has 0 aromatic heterocycles. The van der Waals surface area contributed by atoms with Gasteiger partial charge in [0.05, 0.1) is 0 Å². The maximum absolute atomic E-state index is 12.4. The molecule has 10 heteroatoms. The van der Waals surface area contributed by atoms with Crippen LogP contribution in [0.2, 0.25) is 0 Å². The van der Waals surface area contributed by atoms with E-state index < -0.39 is 36.1 Å². The Morgan fingerprint density at radius 1 is 0.941 bits per heavy atom. The summed E-state index contributed by atoms with van der Waals surface area (Å²) in [5, 5.41) is 0. The summed E-state index contributed by atoms with van der Waals surface area (Å²) in [4.78, 5) is 0. The summed E-state index contributed by atoms with van der Waals surface area (Å²) < 4.78 is 111. The zero-order valence-corrected chi connectivity index (χ0v) is 7.59. The van der Waals surface area contributed by atoms with Crippen LogP contribution in [0.3, 0.4) is 0 Å². The number of halogens is 9. The Balaban J connectivity index is 5.21. The molecule has 0 aromatic rings. The van der Waals surface area contributed by atoms with Crippen LogP contribution in [0.1, 0.15) is 0 Å². The lowest BCUT2D eigenvalue weighted by molar-refractivity contribution is -0.413. The van der Waals surface area contributed by atoms with Gasteiger partial charge in [0.2, 0.25) is 0 Å². The highest BCUT2D eigenvalue weighted by molar-refractivity contribution is 5.02. The van der Waals surface area contributed by atoms with Crippen LogP contribution in [0.15, 0.2) is 24.6 Å². The first-order valence-corrected chi connectivity index (χ1v) is 3.56. The van der Waals surface area contributed by atoms with Crippen LogP contribution >= 0.6 is 0 Å². The van der Waals surface area contributed by atoms with Crippen LogP contribution in [0.25, 0.3) is 0 Å². The standard InChI is InChI=1S/C7H3F9O/c1-2-5(11,12)7(15,16)17-6(13,14)3(8)4(9)10/h2H,1H2. The molecule has 0 saturated carbocycles. The number of alkyl halides is 6. The second-order valence-electron chi connectivity index (χ2n) is 2.54. The molecule has 0 aliphatic rings. The highest BCUT2D eigenvalue weighted by atomic mass is 19.3. The molecule has 0 aliphatic heterocycles. The largest absolute Gasteiger partial charge is 0.428 e. The van der Waals surface area contributed by atoms with Crippen LogP contribution in [-0.2, 0) is 4.74 Å². The van der Waals surface area contributed by atoms with Crippen molar-refractivity contribution in [1.29, 1.82) is 0 Å². The molecule has 0 fully saturated rings. The summed E-state index contributed by atoms with van der Waals surface area (Å²) in [6.07, 6.45) is -16.2. The monoisotopic (exact) mass is 274 g/mol. The van der Waals surface area contributed by atoms with Crippen molar-refractivity contribution in [2.24, 2.45) is 0 Å². The zero-order chi connectivity index (χ0) is 14.1. The van der Waals surface area contributed by atoms with Gasteiger partial charge in [0.25, 0.3) is 5.83 Å². The van der Waals surface area contributed by atoms with Crippen LogP contribution in [-0.4, -0.2) is 18.1 Å². The SMILES string of the molecule is C=CC(F)(F)C(F)(F)OC(F)(F)C(F)=C(F)F. The van der Waals surface area contributed by atoms with Gasteiger partial charge in [-0.15, -0.1) is 0 Å². The van der Waals surface area contributed by atoms with Gasteiger partial charge in [-0.1, -0.05) is 6.58 Å². The summed E-state index contributed by atoms with van der Waals surface area (Å²) >= 11 is 0. The molecule has 100 valence electrons. The van der Waals surface area contributed by atoms with E-state index >= 15 is 0 Å². The van der Waals surface area contributed by atoms with E-state index in [-0.39, 0.29) is 0 Å². The molecule has 0 amide bonds. The minimum Gasteiger partial charge on any atom is -0.244 e. The van der Waals surface area contributed by atoms with Crippen molar-refractivity contribution in [1.82, 2.24) is 0 Å². The Bertz CT molecular complexity index is 328. The minimum absolute atomic E-state index is 0.753. The Kier molecular flexibility index (Phi) is 4.27. The van der Waals surface area contributed by atoms with Gasteiger partial charge in [-0.25, -0.2) is 4.74 Å². The molecule has 0 spiro atoms. The van der Waals surface area contributed by atoms with Crippen LogP contribution < -0.4 is 0 Å². The first-order chi connectivity index (χ1) is 7.37. The molecule has 1 nitrogen and oxygen atoms in total. The second kappa shape index (κ2) is 4.59. The minimum atomic E-state index is -5.91. The van der Waals surface area contributed by atoms with Crippen molar-refractivity contribution in [3.63, 3.8) is 0 Å². The van der Waals surface area contributed by atoms with Crippen molar-refractivity contribution in [3.05, 3.63) is 24.6 Å². The lowest BCUT2D eigenvalue weighted by Gasteiger charge is -2.26. The highest BCUT2D eigenvalue weighted by Crippen LogP contribution is 2.43. The molecule has 0 atom stereocenters. The van der Waals surface area contributed by atoms with E-state index in [1.807, 2.05) is 0 Å². The molecule has 0 bridgehead atoms. The third kappa shape index (κ3) is 3.38. The molecular weight excluding hydrogens is 271 g/mol. The zero-order valence-electron chi connectivity index (χ0n) is 7.59. The molecule has 0 unspecified atom stereocenters. The third-order valence-electron chi connectivity index (χ3n) is 1.32. The molecule has 0 heterocycles. The summed E-state index contributed by atoms with van der Waals surface area (Å²) in [6.45, 7) is 2.20. The van der Waals surface area contributed by atoms with E-state index in [4.69, 9.17) is 0 Å². The van der Waals surface area contributed by atoms with Crippen LogP contribution in [0, 0.1) is 0 Å². The van der Waals surface area contributed by atoms with Gasteiger partial charge >= 0.3 is 24.2 Å². The predicted octanol–water partition coefficient (Wildman–Crippen LogP) is 4.09. The van der Waals surface area contributed by atoms with E-state index in [1.54, 1.807) is 0 Å². The van der Waals surface area contributed by atoms with Crippen molar-refractivity contribution < 1.29 is 44.3 Å². The van der Waals surface area contributed by atoms with Gasteiger partial charge < -0.3 is 0 Å². The van der Waals surface area contributed by atoms with E-state index in [9.17, 15) is 39.5 Å². The Morgan fingerprint density at radius 2 is 1.35 bits per heavy atom. The van der Waals surface area contributed by atoms with E-state index in [0.717, 1.165) is 0 Å². The topological polar surface area (TPSA) is 9.23 Å². The molecule has 0 N–H and O–H groups in total. The van der Waals surface area contributed by atoms with E-state index in [0.29, 0.717) is 0 Å². The summed E-state index contributed by atoms with van der Waals surface area (Å²) in [6, 6.07) is 0. The fraction of sp³-hybridized carbons (Fsp3) is 0.429. The van der Waals surface area contributed by atoms with Gasteiger partial charge in [-0.2, -0.15) is 39.5 Å². The predicted molar refractivity (Wildman–Crippen MR) is 36.5 cm³/mol. The number of rotatable bonds is 5. The van der Waals surface area contributed by atoms with Gasteiger partial charge in [-0.3, -0.25) is 0 Å². The average molecular weight is 274 g/mol. The molecule has 0 radical (unpaired) electrons. The normalized spacial score (nSPS) is 13.5. The smallest absolute Gasteiger partial charge is 0.244 e. The van der Waals surface area contributed by atoms with Gasteiger partial charge in [0.15, 0.2) is 0 Å². The molecule has 0 aromatic carbocycles. The third-order valence-corrected chi connectivity index (χ3v) is 1.32. The maximum Gasteiger partial charge on any atom is 0.428 e. The summed E-state index contributed by atoms with van der Waals surface area (Å²) in [5.74, 6) is -8.97. The number of hydrogen-bond donors (Lipinski definition) is 0. The van der Waals surface area contributed by atoms with E-state index in [1.165, 1.54) is 0 Å². The van der Waals surface area contributed by atoms with E-state index in [2.05, 4.69) is 11.3 Å². The lowest BCUT2D eigenvalue weighted by atomic mass is 10.3. The fourth-order valence-corrected chi connectivity index (χ4v) is 0.503. The highest BCUT2D eigenvalue weighted by Gasteiger charge is 2.62. The summed E-state index contributed by atoms with van der Waals surface area (Å²) in [5.41, 5.74) is 0. The fourth-order valence-electron chi connectivity index (χ4n) is 0.503. The van der Waals surface area contributed by atoms with Crippen molar-refractivity contribution >= 4 is 0 Å². The van der Waals surface area contributed by atoms with Gasteiger partial charge in [0, 0.05) is 0 Å². The second-order valence-corrected chi connectivity index (χ2v) is 2.54. The Labute approximate surface area is 88.2 Å². The van der Waals surface area contributed by atoms with Crippen molar-refractivity contribution in [2.45, 2.75) is 18.1 Å². The Morgan fingerprint density at radius 3 is 1.65 bits per heavy atom.